The van der Waals surface area contributed by atoms with Crippen molar-refractivity contribution in [3.05, 3.63) is 16.9 Å². The summed E-state index contributed by atoms with van der Waals surface area (Å²) in [6, 6.07) is 0. The van der Waals surface area contributed by atoms with Gasteiger partial charge in [-0.05, 0) is 17.8 Å². The Bertz CT molecular complexity index is 460. The fourth-order valence-corrected chi connectivity index (χ4v) is 3.07. The van der Waals surface area contributed by atoms with Gasteiger partial charge in [-0.2, -0.15) is 5.10 Å². The SMILES string of the molecule is CCn1ncc(Cl)c1C(=O)C1C(C)(C)C1(C)C. The smallest absolute Gasteiger partial charge is 0.186 e. The molecule has 1 aliphatic carbocycles. The van der Waals surface area contributed by atoms with Crippen LogP contribution in [0, 0.1) is 16.7 Å². The van der Waals surface area contributed by atoms with E-state index in [1.165, 1.54) is 0 Å². The molecule has 1 saturated carbocycles. The molecule has 0 aromatic carbocycles. The van der Waals surface area contributed by atoms with Gasteiger partial charge in [0.1, 0.15) is 5.69 Å². The fraction of sp³-hybridized carbons (Fsp3) is 0.692. The Labute approximate surface area is 107 Å². The van der Waals surface area contributed by atoms with E-state index in [0.29, 0.717) is 17.3 Å². The summed E-state index contributed by atoms with van der Waals surface area (Å²) < 4.78 is 1.69. The van der Waals surface area contributed by atoms with Gasteiger partial charge in [-0.15, -0.1) is 0 Å². The zero-order valence-corrected chi connectivity index (χ0v) is 11.8. The van der Waals surface area contributed by atoms with Crippen LogP contribution in [0.2, 0.25) is 5.02 Å². The van der Waals surface area contributed by atoms with Crippen molar-refractivity contribution in [3.63, 3.8) is 0 Å². The number of ketones is 1. The highest BCUT2D eigenvalue weighted by atomic mass is 35.5. The maximum absolute atomic E-state index is 12.6. The van der Waals surface area contributed by atoms with Gasteiger partial charge in [0.2, 0.25) is 0 Å². The Hall–Kier alpha value is -0.830. The monoisotopic (exact) mass is 254 g/mol. The molecule has 3 nitrogen and oxygen atoms in total. The molecule has 0 radical (unpaired) electrons. The molecule has 4 heteroatoms. The average Bonchev–Trinajstić information content (AvgIpc) is 2.55. The summed E-state index contributed by atoms with van der Waals surface area (Å²) in [7, 11) is 0. The van der Waals surface area contributed by atoms with E-state index in [-0.39, 0.29) is 22.5 Å². The van der Waals surface area contributed by atoms with Crippen LogP contribution in [0.25, 0.3) is 0 Å². The molecule has 1 aromatic heterocycles. The average molecular weight is 255 g/mol. The minimum absolute atomic E-state index is 0.0366. The van der Waals surface area contributed by atoms with E-state index < -0.39 is 0 Å². The molecule has 0 amide bonds. The first kappa shape index (κ1) is 12.6. The van der Waals surface area contributed by atoms with Crippen LogP contribution in [0.4, 0.5) is 0 Å². The van der Waals surface area contributed by atoms with Gasteiger partial charge in [0, 0.05) is 12.5 Å². The van der Waals surface area contributed by atoms with E-state index in [2.05, 4.69) is 32.8 Å². The highest BCUT2D eigenvalue weighted by Crippen LogP contribution is 2.69. The second kappa shape index (κ2) is 3.58. The molecule has 1 aromatic rings. The molecule has 17 heavy (non-hydrogen) atoms. The minimum atomic E-state index is 0.0366. The molecule has 0 atom stereocenters. The Morgan fingerprint density at radius 3 is 2.35 bits per heavy atom. The van der Waals surface area contributed by atoms with E-state index in [9.17, 15) is 4.79 Å². The molecular formula is C13H19ClN2O. The number of aromatic nitrogens is 2. The molecule has 94 valence electrons. The zero-order valence-electron chi connectivity index (χ0n) is 11.0. The first-order chi connectivity index (χ1) is 7.75. The van der Waals surface area contributed by atoms with Gasteiger partial charge in [-0.3, -0.25) is 9.48 Å². The van der Waals surface area contributed by atoms with Crippen LogP contribution in [0.5, 0.6) is 0 Å². The van der Waals surface area contributed by atoms with Crippen LogP contribution in [-0.2, 0) is 6.54 Å². The number of aryl methyl sites for hydroxylation is 1. The van der Waals surface area contributed by atoms with Crippen molar-refractivity contribution in [2.75, 3.05) is 0 Å². The van der Waals surface area contributed by atoms with Gasteiger partial charge in [0.05, 0.1) is 11.2 Å². The topological polar surface area (TPSA) is 34.9 Å². The van der Waals surface area contributed by atoms with Gasteiger partial charge >= 0.3 is 0 Å². The zero-order chi connectivity index (χ0) is 13.0. The van der Waals surface area contributed by atoms with Crippen LogP contribution >= 0.6 is 11.6 Å². The quantitative estimate of drug-likeness (QED) is 0.775. The summed E-state index contributed by atoms with van der Waals surface area (Å²) in [5.74, 6) is 0.166. The molecule has 0 unspecified atom stereocenters. The van der Waals surface area contributed by atoms with E-state index in [4.69, 9.17) is 11.6 Å². The second-order valence-corrected chi connectivity index (χ2v) is 6.30. The Morgan fingerprint density at radius 1 is 1.41 bits per heavy atom. The third-order valence-corrected chi connectivity index (χ3v) is 4.89. The summed E-state index contributed by atoms with van der Waals surface area (Å²) in [6.07, 6.45) is 1.56. The van der Waals surface area contributed by atoms with E-state index >= 15 is 0 Å². The lowest BCUT2D eigenvalue weighted by Crippen LogP contribution is -2.14. The first-order valence-corrected chi connectivity index (χ1v) is 6.38. The van der Waals surface area contributed by atoms with Crippen LogP contribution in [0.3, 0.4) is 0 Å². The molecule has 0 saturated heterocycles. The van der Waals surface area contributed by atoms with Crippen molar-refractivity contribution in [3.8, 4) is 0 Å². The van der Waals surface area contributed by atoms with Crippen molar-refractivity contribution < 1.29 is 4.79 Å². The van der Waals surface area contributed by atoms with E-state index in [0.717, 1.165) is 0 Å². The highest BCUT2D eigenvalue weighted by Gasteiger charge is 2.68. The largest absolute Gasteiger partial charge is 0.292 e. The summed E-state index contributed by atoms with van der Waals surface area (Å²) in [4.78, 5) is 12.6. The summed E-state index contributed by atoms with van der Waals surface area (Å²) in [5, 5.41) is 4.59. The van der Waals surface area contributed by atoms with Crippen molar-refractivity contribution in [2.24, 2.45) is 16.7 Å². The molecule has 0 N–H and O–H groups in total. The van der Waals surface area contributed by atoms with Crippen molar-refractivity contribution >= 4 is 17.4 Å². The summed E-state index contributed by atoms with van der Waals surface area (Å²) in [5.41, 5.74) is 0.643. The third kappa shape index (κ3) is 1.55. The van der Waals surface area contributed by atoms with Gasteiger partial charge < -0.3 is 0 Å². The van der Waals surface area contributed by atoms with Crippen LogP contribution in [-0.4, -0.2) is 15.6 Å². The normalized spacial score (nSPS) is 21.5. The van der Waals surface area contributed by atoms with Crippen LogP contribution in [0.1, 0.15) is 45.1 Å². The van der Waals surface area contributed by atoms with Crippen molar-refractivity contribution in [1.82, 2.24) is 9.78 Å². The van der Waals surface area contributed by atoms with Crippen molar-refractivity contribution in [1.29, 1.82) is 0 Å². The van der Waals surface area contributed by atoms with Gasteiger partial charge in [0.15, 0.2) is 5.78 Å². The van der Waals surface area contributed by atoms with Gasteiger partial charge in [-0.1, -0.05) is 39.3 Å². The number of nitrogens with zero attached hydrogens (tertiary/aromatic N) is 2. The predicted molar refractivity (Wildman–Crippen MR) is 68.3 cm³/mol. The minimum Gasteiger partial charge on any atom is -0.292 e. The molecule has 1 heterocycles. The Balaban J connectivity index is 2.37. The molecule has 0 aliphatic heterocycles. The second-order valence-electron chi connectivity index (χ2n) is 5.90. The van der Waals surface area contributed by atoms with Crippen LogP contribution < -0.4 is 0 Å². The number of Topliss-reactive ketones (excluding diaryl/α,β-unsaturated/α-hetero) is 1. The Kier molecular flexibility index (Phi) is 2.66. The standard InChI is InChI=1S/C13H19ClN2O/c1-6-16-9(8(14)7-15-16)10(17)11-12(2,3)13(11,4)5/h7,11H,6H2,1-5H3. The Morgan fingerprint density at radius 2 is 1.94 bits per heavy atom. The van der Waals surface area contributed by atoms with E-state index in [1.807, 2.05) is 6.92 Å². The highest BCUT2D eigenvalue weighted by molar-refractivity contribution is 6.33. The lowest BCUT2D eigenvalue weighted by atomic mass is 10.0. The maximum Gasteiger partial charge on any atom is 0.186 e. The van der Waals surface area contributed by atoms with E-state index in [1.54, 1.807) is 10.9 Å². The van der Waals surface area contributed by atoms with Gasteiger partial charge in [0.25, 0.3) is 0 Å². The fourth-order valence-electron chi connectivity index (χ4n) is 2.84. The number of carbonyl (C=O) groups excluding carboxylic acids is 1. The molecule has 2 rings (SSSR count). The van der Waals surface area contributed by atoms with Crippen molar-refractivity contribution in [2.45, 2.75) is 41.2 Å². The molecule has 1 fully saturated rings. The third-order valence-electron chi connectivity index (χ3n) is 4.61. The first-order valence-electron chi connectivity index (χ1n) is 6.00. The number of halogens is 1. The molecule has 1 aliphatic rings. The lowest BCUT2D eigenvalue weighted by Gasteiger charge is -2.05. The lowest BCUT2D eigenvalue weighted by molar-refractivity contribution is 0.0934. The number of carbonyl (C=O) groups is 1. The number of rotatable bonds is 3. The summed E-state index contributed by atoms with van der Waals surface area (Å²) >= 11 is 6.07. The molecular weight excluding hydrogens is 236 g/mol. The molecule has 0 spiro atoms. The number of hydrogen-bond acceptors (Lipinski definition) is 2. The number of hydrogen-bond donors (Lipinski definition) is 0. The molecule has 0 bridgehead atoms. The predicted octanol–water partition coefficient (Wildman–Crippen LogP) is 3.42. The maximum atomic E-state index is 12.6. The van der Waals surface area contributed by atoms with Gasteiger partial charge in [-0.25, -0.2) is 0 Å². The summed E-state index contributed by atoms with van der Waals surface area (Å²) in [6.45, 7) is 11.2. The van der Waals surface area contributed by atoms with Crippen LogP contribution in [0.15, 0.2) is 6.20 Å².